The summed E-state index contributed by atoms with van der Waals surface area (Å²) < 4.78 is 35.4. The van der Waals surface area contributed by atoms with Crippen LogP contribution in [0.1, 0.15) is 13.3 Å². The van der Waals surface area contributed by atoms with Gasteiger partial charge in [-0.3, -0.25) is 9.59 Å². The maximum atomic E-state index is 13.2. The van der Waals surface area contributed by atoms with Crippen LogP contribution in [0.4, 0.5) is 8.78 Å². The number of nitrogens with one attached hydrogen (secondary N) is 1. The van der Waals surface area contributed by atoms with Gasteiger partial charge in [-0.1, -0.05) is 0 Å². The molecule has 1 aromatic rings. The summed E-state index contributed by atoms with van der Waals surface area (Å²) in [5.74, 6) is -2.76. The summed E-state index contributed by atoms with van der Waals surface area (Å²) in [5, 5.41) is 2.41. The largest absolute Gasteiger partial charge is 0.481 e. The fourth-order valence-corrected chi connectivity index (χ4v) is 1.32. The first-order valence-corrected chi connectivity index (χ1v) is 6.03. The van der Waals surface area contributed by atoms with Crippen molar-refractivity contribution in [3.05, 3.63) is 29.8 Å². The standard InChI is InChI=1S/C13H15F2NO4/c1-2-19-13(18)5-6-16-12(17)8-20-11-4-3-9(14)7-10(11)15/h3-4,7H,2,5-6,8H2,1H3,(H,16,17). The second kappa shape index (κ2) is 8.08. The number of esters is 1. The number of ether oxygens (including phenoxy) is 2. The van der Waals surface area contributed by atoms with Crippen LogP contribution in [0.15, 0.2) is 18.2 Å². The van der Waals surface area contributed by atoms with E-state index < -0.39 is 30.1 Å². The van der Waals surface area contributed by atoms with Gasteiger partial charge in [0.2, 0.25) is 0 Å². The molecule has 0 heterocycles. The van der Waals surface area contributed by atoms with E-state index in [1.807, 2.05) is 0 Å². The lowest BCUT2D eigenvalue weighted by Gasteiger charge is -2.08. The molecule has 1 amide bonds. The van der Waals surface area contributed by atoms with Crippen molar-refractivity contribution in [1.29, 1.82) is 0 Å². The van der Waals surface area contributed by atoms with Gasteiger partial charge in [-0.05, 0) is 19.1 Å². The summed E-state index contributed by atoms with van der Waals surface area (Å²) in [7, 11) is 0. The van der Waals surface area contributed by atoms with Gasteiger partial charge in [0, 0.05) is 12.6 Å². The number of hydrogen-bond donors (Lipinski definition) is 1. The Morgan fingerprint density at radius 1 is 1.30 bits per heavy atom. The van der Waals surface area contributed by atoms with E-state index in [1.165, 1.54) is 0 Å². The van der Waals surface area contributed by atoms with Crippen molar-refractivity contribution in [3.63, 3.8) is 0 Å². The molecule has 0 unspecified atom stereocenters. The molecule has 0 aliphatic heterocycles. The van der Waals surface area contributed by atoms with Crippen molar-refractivity contribution >= 4 is 11.9 Å². The number of carbonyl (C=O) groups excluding carboxylic acids is 2. The molecule has 0 aromatic heterocycles. The highest BCUT2D eigenvalue weighted by atomic mass is 19.1. The highest BCUT2D eigenvalue weighted by molar-refractivity contribution is 5.78. The molecule has 1 aromatic carbocycles. The SMILES string of the molecule is CCOC(=O)CCNC(=O)COc1ccc(F)cc1F. The summed E-state index contributed by atoms with van der Waals surface area (Å²) in [5.41, 5.74) is 0. The second-order valence-corrected chi connectivity index (χ2v) is 3.77. The maximum Gasteiger partial charge on any atom is 0.307 e. The lowest BCUT2D eigenvalue weighted by atomic mass is 10.3. The quantitative estimate of drug-likeness (QED) is 0.770. The van der Waals surface area contributed by atoms with Gasteiger partial charge >= 0.3 is 5.97 Å². The van der Waals surface area contributed by atoms with Gasteiger partial charge in [-0.15, -0.1) is 0 Å². The average Bonchev–Trinajstić information content (AvgIpc) is 2.38. The van der Waals surface area contributed by atoms with E-state index >= 15 is 0 Å². The molecule has 0 aliphatic rings. The molecule has 0 radical (unpaired) electrons. The molecule has 5 nitrogen and oxygen atoms in total. The van der Waals surface area contributed by atoms with E-state index in [0.29, 0.717) is 6.07 Å². The summed E-state index contributed by atoms with van der Waals surface area (Å²) in [6.07, 6.45) is 0.0461. The Kier molecular flexibility index (Phi) is 6.42. The third-order valence-corrected chi connectivity index (χ3v) is 2.21. The lowest BCUT2D eigenvalue weighted by Crippen LogP contribution is -2.31. The summed E-state index contributed by atoms with van der Waals surface area (Å²) in [4.78, 5) is 22.3. The van der Waals surface area contributed by atoms with Gasteiger partial charge in [-0.25, -0.2) is 8.78 Å². The minimum Gasteiger partial charge on any atom is -0.481 e. The first kappa shape index (κ1) is 15.9. The van der Waals surface area contributed by atoms with Crippen LogP contribution in [-0.2, 0) is 14.3 Å². The zero-order valence-electron chi connectivity index (χ0n) is 10.9. The van der Waals surface area contributed by atoms with E-state index in [1.54, 1.807) is 6.92 Å². The van der Waals surface area contributed by atoms with E-state index in [0.717, 1.165) is 12.1 Å². The molecular weight excluding hydrogens is 272 g/mol. The molecule has 0 fully saturated rings. The molecule has 0 bridgehead atoms. The fraction of sp³-hybridized carbons (Fsp3) is 0.385. The number of halogens is 2. The van der Waals surface area contributed by atoms with Crippen molar-refractivity contribution in [1.82, 2.24) is 5.32 Å². The normalized spacial score (nSPS) is 9.95. The van der Waals surface area contributed by atoms with Crippen LogP contribution >= 0.6 is 0 Å². The van der Waals surface area contributed by atoms with Crippen LogP contribution in [-0.4, -0.2) is 31.6 Å². The highest BCUT2D eigenvalue weighted by Gasteiger charge is 2.08. The smallest absolute Gasteiger partial charge is 0.307 e. The third-order valence-electron chi connectivity index (χ3n) is 2.21. The van der Waals surface area contributed by atoms with Gasteiger partial charge in [-0.2, -0.15) is 0 Å². The van der Waals surface area contributed by atoms with Crippen molar-refractivity contribution in [2.75, 3.05) is 19.8 Å². The van der Waals surface area contributed by atoms with E-state index in [2.05, 4.69) is 10.1 Å². The number of carbonyl (C=O) groups is 2. The monoisotopic (exact) mass is 287 g/mol. The Bertz CT molecular complexity index is 479. The summed E-state index contributed by atoms with van der Waals surface area (Å²) >= 11 is 0. The van der Waals surface area contributed by atoms with Crippen LogP contribution in [0.25, 0.3) is 0 Å². The molecule has 0 saturated carbocycles. The first-order chi connectivity index (χ1) is 9.52. The molecule has 1 rings (SSSR count). The Labute approximate surface area is 114 Å². The molecule has 1 N–H and O–H groups in total. The van der Waals surface area contributed by atoms with E-state index in [-0.39, 0.29) is 25.3 Å². The topological polar surface area (TPSA) is 64.6 Å². The Morgan fingerprint density at radius 3 is 2.70 bits per heavy atom. The molecule has 110 valence electrons. The molecule has 0 saturated heterocycles. The Morgan fingerprint density at radius 2 is 2.05 bits per heavy atom. The van der Waals surface area contributed by atoms with Crippen LogP contribution in [0, 0.1) is 11.6 Å². The van der Waals surface area contributed by atoms with Gasteiger partial charge in [0.1, 0.15) is 5.82 Å². The minimum atomic E-state index is -0.885. The van der Waals surface area contributed by atoms with Gasteiger partial charge in [0.25, 0.3) is 5.91 Å². The predicted octanol–water partition coefficient (Wildman–Crippen LogP) is 1.41. The Hall–Kier alpha value is -2.18. The second-order valence-electron chi connectivity index (χ2n) is 3.77. The molecule has 7 heteroatoms. The summed E-state index contributed by atoms with van der Waals surface area (Å²) in [6, 6.07) is 2.78. The predicted molar refractivity (Wildman–Crippen MR) is 66.1 cm³/mol. The molecular formula is C13H15F2NO4. The average molecular weight is 287 g/mol. The van der Waals surface area contributed by atoms with E-state index in [9.17, 15) is 18.4 Å². The van der Waals surface area contributed by atoms with Crippen LogP contribution in [0.5, 0.6) is 5.75 Å². The highest BCUT2D eigenvalue weighted by Crippen LogP contribution is 2.17. The van der Waals surface area contributed by atoms with Crippen molar-refractivity contribution in [2.45, 2.75) is 13.3 Å². The number of hydrogen-bond acceptors (Lipinski definition) is 4. The first-order valence-electron chi connectivity index (χ1n) is 6.03. The number of amides is 1. The molecule has 20 heavy (non-hydrogen) atoms. The van der Waals surface area contributed by atoms with Crippen molar-refractivity contribution in [2.24, 2.45) is 0 Å². The Balaban J connectivity index is 2.28. The van der Waals surface area contributed by atoms with Gasteiger partial charge in [0.15, 0.2) is 18.2 Å². The zero-order chi connectivity index (χ0) is 15.0. The van der Waals surface area contributed by atoms with Crippen LogP contribution in [0.2, 0.25) is 0 Å². The zero-order valence-corrected chi connectivity index (χ0v) is 10.9. The fourth-order valence-electron chi connectivity index (χ4n) is 1.32. The van der Waals surface area contributed by atoms with Gasteiger partial charge in [0.05, 0.1) is 13.0 Å². The minimum absolute atomic E-state index is 0.0461. The van der Waals surface area contributed by atoms with Gasteiger partial charge < -0.3 is 14.8 Å². The summed E-state index contributed by atoms with van der Waals surface area (Å²) in [6.45, 7) is 1.64. The van der Waals surface area contributed by atoms with Crippen molar-refractivity contribution in [3.8, 4) is 5.75 Å². The number of rotatable bonds is 7. The molecule has 0 spiro atoms. The third kappa shape index (κ3) is 5.64. The molecule has 0 aliphatic carbocycles. The molecule has 0 atom stereocenters. The number of benzene rings is 1. The maximum absolute atomic E-state index is 13.2. The van der Waals surface area contributed by atoms with Crippen LogP contribution < -0.4 is 10.1 Å². The van der Waals surface area contributed by atoms with E-state index in [4.69, 9.17) is 4.74 Å². The van der Waals surface area contributed by atoms with Crippen LogP contribution in [0.3, 0.4) is 0 Å². The lowest BCUT2D eigenvalue weighted by molar-refractivity contribution is -0.143. The van der Waals surface area contributed by atoms with Crippen molar-refractivity contribution < 1.29 is 27.8 Å².